The van der Waals surface area contributed by atoms with Gasteiger partial charge in [0.15, 0.2) is 11.0 Å². The van der Waals surface area contributed by atoms with Crippen LogP contribution in [0.5, 0.6) is 0 Å². The first kappa shape index (κ1) is 15.9. The van der Waals surface area contributed by atoms with Crippen molar-refractivity contribution in [3.63, 3.8) is 0 Å². The Morgan fingerprint density at radius 1 is 1.52 bits per heavy atom. The fourth-order valence-corrected chi connectivity index (χ4v) is 3.28. The van der Waals surface area contributed by atoms with Crippen LogP contribution in [-0.2, 0) is 12.8 Å². The summed E-state index contributed by atoms with van der Waals surface area (Å²) in [6.45, 7) is 2.01. The molecular formula is C13H19N7O2S. The third-order valence-electron chi connectivity index (χ3n) is 3.75. The van der Waals surface area contributed by atoms with Crippen molar-refractivity contribution in [2.45, 2.75) is 29.7 Å². The smallest absolute Gasteiger partial charge is 0.315 e. The molecule has 1 aliphatic heterocycles. The Hall–Kier alpha value is -1.94. The molecule has 0 radical (unpaired) electrons. The van der Waals surface area contributed by atoms with Crippen LogP contribution < -0.4 is 10.6 Å². The first-order valence-corrected chi connectivity index (χ1v) is 8.45. The van der Waals surface area contributed by atoms with E-state index in [0.717, 1.165) is 36.9 Å². The number of hydrogen-bond donors (Lipinski definition) is 2. The zero-order valence-corrected chi connectivity index (χ0v) is 13.9. The number of nitrogens with zero attached hydrogens (tertiary/aromatic N) is 5. The Labute approximate surface area is 137 Å². The molecule has 0 saturated carbocycles. The molecule has 1 atom stereocenters. The third kappa shape index (κ3) is 3.53. The van der Waals surface area contributed by atoms with Gasteiger partial charge in [-0.15, -0.1) is 10.2 Å². The molecule has 9 nitrogen and oxygen atoms in total. The standard InChI is InChI=1S/C13H19N7O2S/c1-14-11(21)12-16-9(19-22-12)7-23-13-18-17-10(20(13)2)8-4-3-5-15-6-8/h8,15H,3-7H2,1-2H3,(H,14,21)/t8-/m1/s1. The van der Waals surface area contributed by atoms with Crippen LogP contribution in [0.15, 0.2) is 9.68 Å². The summed E-state index contributed by atoms with van der Waals surface area (Å²) in [5.74, 6) is 1.90. The number of aromatic nitrogens is 5. The zero-order valence-electron chi connectivity index (χ0n) is 13.1. The molecule has 3 rings (SSSR count). The summed E-state index contributed by atoms with van der Waals surface area (Å²) >= 11 is 1.47. The van der Waals surface area contributed by atoms with E-state index in [2.05, 4.69) is 31.0 Å². The molecule has 3 heterocycles. The number of piperidine rings is 1. The van der Waals surface area contributed by atoms with Gasteiger partial charge in [-0.3, -0.25) is 4.79 Å². The van der Waals surface area contributed by atoms with E-state index in [9.17, 15) is 4.79 Å². The van der Waals surface area contributed by atoms with Gasteiger partial charge >= 0.3 is 11.8 Å². The van der Waals surface area contributed by atoms with Gasteiger partial charge in [0.1, 0.15) is 5.82 Å². The van der Waals surface area contributed by atoms with Crippen molar-refractivity contribution in [1.29, 1.82) is 0 Å². The number of nitrogens with one attached hydrogen (secondary N) is 2. The average Bonchev–Trinajstić information content (AvgIpc) is 3.20. The van der Waals surface area contributed by atoms with E-state index in [1.807, 2.05) is 11.6 Å². The van der Waals surface area contributed by atoms with E-state index in [1.54, 1.807) is 0 Å². The van der Waals surface area contributed by atoms with Gasteiger partial charge in [-0.05, 0) is 19.4 Å². The van der Waals surface area contributed by atoms with Gasteiger partial charge in [-0.25, -0.2) is 0 Å². The summed E-state index contributed by atoms with van der Waals surface area (Å²) in [5, 5.41) is 19.0. The molecule has 0 aliphatic carbocycles. The first-order chi connectivity index (χ1) is 11.2. The molecule has 0 unspecified atom stereocenters. The average molecular weight is 337 g/mol. The zero-order chi connectivity index (χ0) is 16.2. The van der Waals surface area contributed by atoms with Crippen LogP contribution in [0.3, 0.4) is 0 Å². The van der Waals surface area contributed by atoms with Crippen LogP contribution in [0.4, 0.5) is 0 Å². The van der Waals surface area contributed by atoms with E-state index in [-0.39, 0.29) is 11.8 Å². The molecule has 1 saturated heterocycles. The predicted octanol–water partition coefficient (Wildman–Crippen LogP) is 0.317. The molecule has 10 heteroatoms. The Bertz CT molecular complexity index is 678. The van der Waals surface area contributed by atoms with E-state index >= 15 is 0 Å². The fraction of sp³-hybridized carbons (Fsp3) is 0.615. The fourth-order valence-electron chi connectivity index (χ4n) is 2.52. The number of thioether (sulfide) groups is 1. The van der Waals surface area contributed by atoms with Crippen molar-refractivity contribution in [3.8, 4) is 0 Å². The van der Waals surface area contributed by atoms with Crippen LogP contribution in [0.2, 0.25) is 0 Å². The highest BCUT2D eigenvalue weighted by Crippen LogP contribution is 2.26. The van der Waals surface area contributed by atoms with Gasteiger partial charge < -0.3 is 19.7 Å². The van der Waals surface area contributed by atoms with E-state index in [0.29, 0.717) is 17.5 Å². The second kappa shape index (κ2) is 7.09. The van der Waals surface area contributed by atoms with Gasteiger partial charge in [0.25, 0.3) is 0 Å². The highest BCUT2D eigenvalue weighted by molar-refractivity contribution is 7.98. The minimum atomic E-state index is -0.389. The molecule has 2 aromatic heterocycles. The monoisotopic (exact) mass is 337 g/mol. The molecule has 0 spiro atoms. The molecular weight excluding hydrogens is 318 g/mol. The van der Waals surface area contributed by atoms with Crippen LogP contribution in [0.1, 0.15) is 41.1 Å². The van der Waals surface area contributed by atoms with Gasteiger partial charge in [-0.2, -0.15) is 4.98 Å². The molecule has 0 aromatic carbocycles. The summed E-state index contributed by atoms with van der Waals surface area (Å²) in [6.07, 6.45) is 2.29. The first-order valence-electron chi connectivity index (χ1n) is 7.46. The second-order valence-corrected chi connectivity index (χ2v) is 6.27. The Morgan fingerprint density at radius 2 is 2.39 bits per heavy atom. The quantitative estimate of drug-likeness (QED) is 0.750. The predicted molar refractivity (Wildman–Crippen MR) is 83.1 cm³/mol. The van der Waals surface area contributed by atoms with Crippen molar-refractivity contribution in [3.05, 3.63) is 17.5 Å². The number of amides is 1. The molecule has 2 aromatic rings. The molecule has 1 amide bonds. The van der Waals surface area contributed by atoms with E-state index < -0.39 is 0 Å². The molecule has 1 aliphatic rings. The van der Waals surface area contributed by atoms with Gasteiger partial charge in [0, 0.05) is 26.6 Å². The largest absolute Gasteiger partial charge is 0.351 e. The minimum Gasteiger partial charge on any atom is -0.351 e. The van der Waals surface area contributed by atoms with Crippen LogP contribution in [0, 0.1) is 0 Å². The molecule has 1 fully saturated rings. The lowest BCUT2D eigenvalue weighted by atomic mass is 9.99. The summed E-state index contributed by atoms with van der Waals surface area (Å²) in [5.41, 5.74) is 0. The maximum Gasteiger partial charge on any atom is 0.315 e. The van der Waals surface area contributed by atoms with Crippen molar-refractivity contribution >= 4 is 17.7 Å². The SMILES string of the molecule is CNC(=O)c1nc(CSc2nnc([C@@H]3CCCNC3)n2C)no1. The topological polar surface area (TPSA) is 111 Å². The van der Waals surface area contributed by atoms with Gasteiger partial charge in [0.05, 0.1) is 5.75 Å². The number of hydrogen-bond acceptors (Lipinski definition) is 8. The lowest BCUT2D eigenvalue weighted by molar-refractivity contribution is 0.0919. The van der Waals surface area contributed by atoms with Gasteiger partial charge in [-0.1, -0.05) is 16.9 Å². The number of rotatable bonds is 5. The Balaban J connectivity index is 1.63. The van der Waals surface area contributed by atoms with Crippen molar-refractivity contribution in [1.82, 2.24) is 35.5 Å². The second-order valence-electron chi connectivity index (χ2n) is 5.33. The molecule has 124 valence electrons. The lowest BCUT2D eigenvalue weighted by Crippen LogP contribution is -2.29. The summed E-state index contributed by atoms with van der Waals surface area (Å²) in [6, 6.07) is 0. The van der Waals surface area contributed by atoms with Crippen molar-refractivity contribution in [2.24, 2.45) is 7.05 Å². The normalized spacial score (nSPS) is 18.1. The minimum absolute atomic E-state index is 0.0324. The summed E-state index contributed by atoms with van der Waals surface area (Å²) < 4.78 is 6.91. The summed E-state index contributed by atoms with van der Waals surface area (Å²) in [7, 11) is 3.49. The van der Waals surface area contributed by atoms with Crippen LogP contribution in [0.25, 0.3) is 0 Å². The van der Waals surface area contributed by atoms with E-state index in [4.69, 9.17) is 4.52 Å². The van der Waals surface area contributed by atoms with Crippen LogP contribution in [-0.4, -0.2) is 50.9 Å². The Morgan fingerprint density at radius 3 is 3.13 bits per heavy atom. The number of carbonyl (C=O) groups is 1. The van der Waals surface area contributed by atoms with Gasteiger partial charge in [0.2, 0.25) is 0 Å². The highest BCUT2D eigenvalue weighted by Gasteiger charge is 2.22. The highest BCUT2D eigenvalue weighted by atomic mass is 32.2. The van der Waals surface area contributed by atoms with Crippen molar-refractivity contribution in [2.75, 3.05) is 20.1 Å². The Kier molecular flexibility index (Phi) is 4.91. The third-order valence-corrected chi connectivity index (χ3v) is 4.77. The summed E-state index contributed by atoms with van der Waals surface area (Å²) in [4.78, 5) is 15.4. The maximum absolute atomic E-state index is 11.4. The molecule has 23 heavy (non-hydrogen) atoms. The molecule has 2 N–H and O–H groups in total. The number of carbonyl (C=O) groups excluding carboxylic acids is 1. The lowest BCUT2D eigenvalue weighted by Gasteiger charge is -2.21. The maximum atomic E-state index is 11.4. The molecule has 0 bridgehead atoms. The van der Waals surface area contributed by atoms with Crippen LogP contribution >= 0.6 is 11.8 Å². The van der Waals surface area contributed by atoms with Crippen molar-refractivity contribution < 1.29 is 9.32 Å². The van der Waals surface area contributed by atoms with E-state index in [1.165, 1.54) is 18.8 Å².